The summed E-state index contributed by atoms with van der Waals surface area (Å²) in [6.07, 6.45) is 3.75. The average molecular weight is 321 g/mol. The molecule has 0 aliphatic carbocycles. The van der Waals surface area contributed by atoms with E-state index < -0.39 is 0 Å². The van der Waals surface area contributed by atoms with Gasteiger partial charge in [0.05, 0.1) is 12.2 Å². The molecule has 0 aliphatic heterocycles. The van der Waals surface area contributed by atoms with Gasteiger partial charge in [-0.25, -0.2) is 14.8 Å². The van der Waals surface area contributed by atoms with Crippen molar-refractivity contribution in [1.82, 2.24) is 25.2 Å². The number of rotatable bonds is 6. The molecule has 2 amide bonds. The van der Waals surface area contributed by atoms with Crippen LogP contribution in [0.1, 0.15) is 28.3 Å². The molecule has 2 aromatic rings. The molecular formula is C15H23N5OS. The number of aryl methyl sites for hydroxylation is 3. The van der Waals surface area contributed by atoms with Crippen molar-refractivity contribution in [3.8, 4) is 0 Å². The SMILES string of the molecule is Cc1nc(CNC(=O)NC[C@H](C)Cn2ccnc2C)sc1C. The molecule has 0 saturated carbocycles. The highest BCUT2D eigenvalue weighted by atomic mass is 32.1. The van der Waals surface area contributed by atoms with Crippen LogP contribution in [0.3, 0.4) is 0 Å². The molecule has 2 aromatic heterocycles. The third-order valence-electron chi connectivity index (χ3n) is 3.52. The summed E-state index contributed by atoms with van der Waals surface area (Å²) < 4.78 is 2.09. The molecule has 120 valence electrons. The van der Waals surface area contributed by atoms with E-state index in [-0.39, 0.29) is 6.03 Å². The van der Waals surface area contributed by atoms with Crippen LogP contribution in [0.15, 0.2) is 12.4 Å². The number of nitrogens with one attached hydrogen (secondary N) is 2. The van der Waals surface area contributed by atoms with Crippen molar-refractivity contribution in [2.24, 2.45) is 5.92 Å². The summed E-state index contributed by atoms with van der Waals surface area (Å²) in [5, 5.41) is 6.68. The minimum atomic E-state index is -0.153. The van der Waals surface area contributed by atoms with Gasteiger partial charge in [0.1, 0.15) is 10.8 Å². The molecule has 0 bridgehead atoms. The Bertz CT molecular complexity index is 614. The minimum Gasteiger partial charge on any atom is -0.338 e. The Balaban J connectivity index is 1.70. The topological polar surface area (TPSA) is 71.8 Å². The molecule has 6 nitrogen and oxygen atoms in total. The van der Waals surface area contributed by atoms with Crippen molar-refractivity contribution >= 4 is 17.4 Å². The zero-order valence-corrected chi connectivity index (χ0v) is 14.3. The molecule has 0 aromatic carbocycles. The Morgan fingerprint density at radius 3 is 2.73 bits per heavy atom. The summed E-state index contributed by atoms with van der Waals surface area (Å²) in [5.41, 5.74) is 1.03. The summed E-state index contributed by atoms with van der Waals surface area (Å²) in [6.45, 7) is 10.0. The molecule has 2 rings (SSSR count). The maximum Gasteiger partial charge on any atom is 0.315 e. The van der Waals surface area contributed by atoms with Gasteiger partial charge in [-0.2, -0.15) is 0 Å². The molecule has 7 heteroatoms. The molecule has 0 fully saturated rings. The van der Waals surface area contributed by atoms with E-state index in [9.17, 15) is 4.79 Å². The zero-order valence-electron chi connectivity index (χ0n) is 13.5. The predicted octanol–water partition coefficient (Wildman–Crippen LogP) is 2.40. The lowest BCUT2D eigenvalue weighted by Crippen LogP contribution is -2.38. The number of urea groups is 1. The second-order valence-electron chi connectivity index (χ2n) is 5.54. The Hall–Kier alpha value is -1.89. The first-order valence-corrected chi connectivity index (χ1v) is 8.19. The molecule has 1 atom stereocenters. The fourth-order valence-electron chi connectivity index (χ4n) is 2.10. The van der Waals surface area contributed by atoms with Gasteiger partial charge >= 0.3 is 6.03 Å². The van der Waals surface area contributed by atoms with Crippen LogP contribution in [-0.2, 0) is 13.1 Å². The summed E-state index contributed by atoms with van der Waals surface area (Å²) >= 11 is 1.62. The number of imidazole rings is 1. The first-order valence-electron chi connectivity index (χ1n) is 7.38. The molecule has 22 heavy (non-hydrogen) atoms. The minimum absolute atomic E-state index is 0.153. The van der Waals surface area contributed by atoms with E-state index in [1.807, 2.05) is 27.0 Å². The van der Waals surface area contributed by atoms with Crippen molar-refractivity contribution in [1.29, 1.82) is 0 Å². The molecule has 0 spiro atoms. The number of thiazole rings is 1. The molecule has 0 radical (unpaired) electrons. The van der Waals surface area contributed by atoms with Crippen molar-refractivity contribution in [2.45, 2.75) is 40.8 Å². The highest BCUT2D eigenvalue weighted by molar-refractivity contribution is 7.11. The summed E-state index contributed by atoms with van der Waals surface area (Å²) in [7, 11) is 0. The van der Waals surface area contributed by atoms with Crippen LogP contribution < -0.4 is 10.6 Å². The van der Waals surface area contributed by atoms with Gasteiger partial charge in [-0.05, 0) is 26.7 Å². The van der Waals surface area contributed by atoms with E-state index in [2.05, 4.69) is 32.1 Å². The van der Waals surface area contributed by atoms with Crippen LogP contribution in [0.2, 0.25) is 0 Å². The van der Waals surface area contributed by atoms with E-state index >= 15 is 0 Å². The van der Waals surface area contributed by atoms with Crippen LogP contribution in [-0.4, -0.2) is 27.1 Å². The smallest absolute Gasteiger partial charge is 0.315 e. The maximum atomic E-state index is 11.8. The molecule has 0 unspecified atom stereocenters. The highest BCUT2D eigenvalue weighted by Crippen LogP contribution is 2.15. The van der Waals surface area contributed by atoms with Crippen LogP contribution in [0.25, 0.3) is 0 Å². The molecule has 2 heterocycles. The molecule has 0 saturated heterocycles. The lowest BCUT2D eigenvalue weighted by atomic mass is 10.2. The zero-order chi connectivity index (χ0) is 16.1. The van der Waals surface area contributed by atoms with E-state index in [4.69, 9.17) is 0 Å². The predicted molar refractivity (Wildman–Crippen MR) is 88.0 cm³/mol. The van der Waals surface area contributed by atoms with E-state index in [1.54, 1.807) is 17.5 Å². The van der Waals surface area contributed by atoms with Crippen molar-refractivity contribution in [2.75, 3.05) is 6.54 Å². The summed E-state index contributed by atoms with van der Waals surface area (Å²) in [4.78, 5) is 21.6. The first kappa shape index (κ1) is 16.5. The van der Waals surface area contributed by atoms with Gasteiger partial charge in [0.15, 0.2) is 0 Å². The fraction of sp³-hybridized carbons (Fsp3) is 0.533. The first-order chi connectivity index (χ1) is 10.5. The van der Waals surface area contributed by atoms with Crippen LogP contribution >= 0.6 is 11.3 Å². The molecule has 0 aliphatic rings. The number of hydrogen-bond acceptors (Lipinski definition) is 4. The third kappa shape index (κ3) is 4.56. The van der Waals surface area contributed by atoms with Gasteiger partial charge in [0.25, 0.3) is 0 Å². The van der Waals surface area contributed by atoms with Crippen molar-refractivity contribution < 1.29 is 4.79 Å². The van der Waals surface area contributed by atoms with Gasteiger partial charge in [-0.3, -0.25) is 0 Å². The number of carbonyl (C=O) groups is 1. The van der Waals surface area contributed by atoms with Gasteiger partial charge in [0, 0.05) is 30.4 Å². The highest BCUT2D eigenvalue weighted by Gasteiger charge is 2.09. The Kier molecular flexibility index (Phi) is 5.54. The summed E-state index contributed by atoms with van der Waals surface area (Å²) in [5.74, 6) is 1.33. The van der Waals surface area contributed by atoms with Gasteiger partial charge in [-0.15, -0.1) is 11.3 Å². The molecule has 2 N–H and O–H groups in total. The molecular weight excluding hydrogens is 298 g/mol. The lowest BCUT2D eigenvalue weighted by Gasteiger charge is -2.14. The standard InChI is InChI=1S/C15H23N5OS/c1-10(9-20-6-5-16-13(20)4)7-17-15(21)18-8-14-19-11(2)12(3)22-14/h5-6,10H,7-9H2,1-4H3,(H2,17,18,21)/t10-/m0/s1. The number of carbonyl (C=O) groups excluding carboxylic acids is 1. The van der Waals surface area contributed by atoms with Crippen LogP contribution in [0.5, 0.6) is 0 Å². The number of amides is 2. The number of hydrogen-bond donors (Lipinski definition) is 2. The second-order valence-corrected chi connectivity index (χ2v) is 6.83. The normalized spacial score (nSPS) is 12.2. The quantitative estimate of drug-likeness (QED) is 0.858. The Morgan fingerprint density at radius 1 is 1.36 bits per heavy atom. The number of aromatic nitrogens is 3. The Labute approximate surface area is 135 Å². The monoisotopic (exact) mass is 321 g/mol. The summed E-state index contributed by atoms with van der Waals surface area (Å²) in [6, 6.07) is -0.153. The van der Waals surface area contributed by atoms with E-state index in [1.165, 1.54) is 4.88 Å². The largest absolute Gasteiger partial charge is 0.338 e. The van der Waals surface area contributed by atoms with E-state index in [0.717, 1.165) is 23.1 Å². The van der Waals surface area contributed by atoms with Gasteiger partial charge < -0.3 is 15.2 Å². The second kappa shape index (κ2) is 7.40. The third-order valence-corrected chi connectivity index (χ3v) is 4.59. The van der Waals surface area contributed by atoms with Crippen LogP contribution in [0.4, 0.5) is 4.79 Å². The maximum absolute atomic E-state index is 11.8. The van der Waals surface area contributed by atoms with Crippen molar-refractivity contribution in [3.05, 3.63) is 33.8 Å². The van der Waals surface area contributed by atoms with E-state index in [0.29, 0.717) is 19.0 Å². The number of nitrogens with zero attached hydrogens (tertiary/aromatic N) is 3. The lowest BCUT2D eigenvalue weighted by molar-refractivity contribution is 0.238. The van der Waals surface area contributed by atoms with Crippen LogP contribution in [0, 0.1) is 26.7 Å². The van der Waals surface area contributed by atoms with Crippen molar-refractivity contribution in [3.63, 3.8) is 0 Å². The van der Waals surface area contributed by atoms with Gasteiger partial charge in [0.2, 0.25) is 0 Å². The van der Waals surface area contributed by atoms with Gasteiger partial charge in [-0.1, -0.05) is 6.92 Å². The Morgan fingerprint density at radius 2 is 2.14 bits per heavy atom. The average Bonchev–Trinajstić information content (AvgIpc) is 3.01. The fourth-order valence-corrected chi connectivity index (χ4v) is 2.97.